The number of hydrogen-bond acceptors (Lipinski definition) is 5. The molecule has 6 nitrogen and oxygen atoms in total. The van der Waals surface area contributed by atoms with E-state index in [0.717, 1.165) is 0 Å². The lowest BCUT2D eigenvalue weighted by molar-refractivity contribution is -0.299. The van der Waals surface area contributed by atoms with E-state index in [1.54, 1.807) is 13.8 Å². The first-order valence-electron chi connectivity index (χ1n) is 7.28. The normalized spacial score (nSPS) is 12.2. The SMILES string of the molecule is CCC(C)(C)C(=O)OCCOOCCCC(C)(C)C(=O)O. The molecular formula is C15H28O6. The molecule has 0 aromatic carbocycles. The van der Waals surface area contributed by atoms with Gasteiger partial charge in [0.25, 0.3) is 0 Å². The molecule has 0 fully saturated rings. The summed E-state index contributed by atoms with van der Waals surface area (Å²) >= 11 is 0. The smallest absolute Gasteiger partial charge is 0.311 e. The number of esters is 1. The lowest BCUT2D eigenvalue weighted by Crippen LogP contribution is -2.27. The molecular weight excluding hydrogens is 276 g/mol. The summed E-state index contributed by atoms with van der Waals surface area (Å²) in [4.78, 5) is 32.3. The van der Waals surface area contributed by atoms with E-state index in [9.17, 15) is 9.59 Å². The highest BCUT2D eigenvalue weighted by atomic mass is 17.2. The molecule has 0 unspecified atom stereocenters. The monoisotopic (exact) mass is 304 g/mol. The minimum atomic E-state index is -0.825. The maximum Gasteiger partial charge on any atom is 0.311 e. The molecule has 0 aromatic heterocycles. The Morgan fingerprint density at radius 1 is 0.952 bits per heavy atom. The van der Waals surface area contributed by atoms with Gasteiger partial charge in [-0.05, 0) is 47.0 Å². The maximum atomic E-state index is 11.6. The van der Waals surface area contributed by atoms with E-state index in [-0.39, 0.29) is 19.2 Å². The van der Waals surface area contributed by atoms with Crippen LogP contribution in [0.1, 0.15) is 53.9 Å². The van der Waals surface area contributed by atoms with E-state index in [2.05, 4.69) is 0 Å². The molecule has 0 aliphatic heterocycles. The van der Waals surface area contributed by atoms with Gasteiger partial charge in [0, 0.05) is 0 Å². The molecule has 0 heterocycles. The van der Waals surface area contributed by atoms with Crippen molar-refractivity contribution in [2.75, 3.05) is 19.8 Å². The predicted molar refractivity (Wildman–Crippen MR) is 77.6 cm³/mol. The molecule has 124 valence electrons. The van der Waals surface area contributed by atoms with Gasteiger partial charge < -0.3 is 9.84 Å². The van der Waals surface area contributed by atoms with E-state index in [1.807, 2.05) is 20.8 Å². The van der Waals surface area contributed by atoms with Crippen LogP contribution in [0.25, 0.3) is 0 Å². The van der Waals surface area contributed by atoms with Crippen LogP contribution in [0.4, 0.5) is 0 Å². The van der Waals surface area contributed by atoms with Crippen molar-refractivity contribution in [3.05, 3.63) is 0 Å². The quantitative estimate of drug-likeness (QED) is 0.273. The number of carbonyl (C=O) groups is 2. The molecule has 1 N–H and O–H groups in total. The zero-order chi connectivity index (χ0) is 16.5. The molecule has 0 saturated carbocycles. The summed E-state index contributed by atoms with van der Waals surface area (Å²) in [6.45, 7) is 9.55. The van der Waals surface area contributed by atoms with E-state index >= 15 is 0 Å². The van der Waals surface area contributed by atoms with Crippen molar-refractivity contribution in [3.63, 3.8) is 0 Å². The lowest BCUT2D eigenvalue weighted by atomic mass is 9.88. The van der Waals surface area contributed by atoms with Crippen LogP contribution >= 0.6 is 0 Å². The van der Waals surface area contributed by atoms with Crippen LogP contribution in [-0.2, 0) is 24.1 Å². The topological polar surface area (TPSA) is 82.1 Å². The maximum absolute atomic E-state index is 11.6. The van der Waals surface area contributed by atoms with Gasteiger partial charge in [-0.15, -0.1) is 0 Å². The summed E-state index contributed by atoms with van der Waals surface area (Å²) in [7, 11) is 0. The summed E-state index contributed by atoms with van der Waals surface area (Å²) < 4.78 is 5.07. The average Bonchev–Trinajstić information content (AvgIpc) is 2.41. The highest BCUT2D eigenvalue weighted by Gasteiger charge is 2.27. The number of ether oxygens (including phenoxy) is 1. The first-order valence-corrected chi connectivity index (χ1v) is 7.28. The van der Waals surface area contributed by atoms with E-state index in [4.69, 9.17) is 19.6 Å². The molecule has 21 heavy (non-hydrogen) atoms. The van der Waals surface area contributed by atoms with Crippen molar-refractivity contribution < 1.29 is 29.2 Å². The van der Waals surface area contributed by atoms with E-state index in [0.29, 0.717) is 25.9 Å². The Kier molecular flexibility index (Phi) is 8.51. The number of hydrogen-bond donors (Lipinski definition) is 1. The van der Waals surface area contributed by atoms with Gasteiger partial charge in [-0.2, -0.15) is 0 Å². The fourth-order valence-corrected chi connectivity index (χ4v) is 1.31. The molecule has 0 bridgehead atoms. The summed E-state index contributed by atoms with van der Waals surface area (Å²) in [5, 5.41) is 8.93. The molecule has 0 rings (SSSR count). The number of aliphatic carboxylic acids is 1. The van der Waals surface area contributed by atoms with Crippen LogP contribution in [0.2, 0.25) is 0 Å². The molecule has 0 radical (unpaired) electrons. The van der Waals surface area contributed by atoms with Gasteiger partial charge in [0.15, 0.2) is 0 Å². The third-order valence-electron chi connectivity index (χ3n) is 3.53. The highest BCUT2D eigenvalue weighted by molar-refractivity contribution is 5.75. The first kappa shape index (κ1) is 19.9. The zero-order valence-electron chi connectivity index (χ0n) is 13.7. The van der Waals surface area contributed by atoms with Gasteiger partial charge in [-0.25, -0.2) is 9.78 Å². The van der Waals surface area contributed by atoms with Crippen molar-refractivity contribution in [3.8, 4) is 0 Å². The summed E-state index contributed by atoms with van der Waals surface area (Å²) in [6, 6.07) is 0. The fourth-order valence-electron chi connectivity index (χ4n) is 1.31. The Labute approximate surface area is 126 Å². The van der Waals surface area contributed by atoms with E-state index < -0.39 is 16.8 Å². The Morgan fingerprint density at radius 2 is 1.52 bits per heavy atom. The van der Waals surface area contributed by atoms with Gasteiger partial charge >= 0.3 is 11.9 Å². The Bertz CT molecular complexity index is 335. The van der Waals surface area contributed by atoms with Gasteiger partial charge in [-0.1, -0.05) is 6.92 Å². The highest BCUT2D eigenvalue weighted by Crippen LogP contribution is 2.22. The van der Waals surface area contributed by atoms with Crippen LogP contribution < -0.4 is 0 Å². The molecule has 0 saturated heterocycles. The average molecular weight is 304 g/mol. The Morgan fingerprint density at radius 3 is 2.05 bits per heavy atom. The van der Waals surface area contributed by atoms with Crippen molar-refractivity contribution in [2.24, 2.45) is 10.8 Å². The van der Waals surface area contributed by atoms with Gasteiger partial charge in [-0.3, -0.25) is 9.59 Å². The zero-order valence-corrected chi connectivity index (χ0v) is 13.7. The molecule has 0 aliphatic rings. The number of carboxylic acid groups (broad SMARTS) is 1. The molecule has 0 spiro atoms. The van der Waals surface area contributed by atoms with Crippen LogP contribution in [0.15, 0.2) is 0 Å². The second-order valence-corrected chi connectivity index (χ2v) is 6.31. The van der Waals surface area contributed by atoms with Crippen LogP contribution in [0.3, 0.4) is 0 Å². The second kappa shape index (κ2) is 9.00. The van der Waals surface area contributed by atoms with Gasteiger partial charge in [0.2, 0.25) is 0 Å². The van der Waals surface area contributed by atoms with Crippen LogP contribution in [-0.4, -0.2) is 36.9 Å². The van der Waals surface area contributed by atoms with Crippen molar-refractivity contribution in [1.82, 2.24) is 0 Å². The van der Waals surface area contributed by atoms with Crippen molar-refractivity contribution in [2.45, 2.75) is 53.9 Å². The molecule has 0 amide bonds. The van der Waals surface area contributed by atoms with Crippen LogP contribution in [0, 0.1) is 10.8 Å². The third-order valence-corrected chi connectivity index (χ3v) is 3.53. The Balaban J connectivity index is 3.58. The summed E-state index contributed by atoms with van der Waals surface area (Å²) in [5.74, 6) is -1.08. The second-order valence-electron chi connectivity index (χ2n) is 6.31. The van der Waals surface area contributed by atoms with Crippen molar-refractivity contribution >= 4 is 11.9 Å². The minimum Gasteiger partial charge on any atom is -0.481 e. The molecule has 0 aliphatic carbocycles. The van der Waals surface area contributed by atoms with Gasteiger partial charge in [0.05, 0.1) is 17.4 Å². The lowest BCUT2D eigenvalue weighted by Gasteiger charge is -2.20. The van der Waals surface area contributed by atoms with Crippen molar-refractivity contribution in [1.29, 1.82) is 0 Å². The summed E-state index contributed by atoms with van der Waals surface area (Å²) in [6.07, 6.45) is 1.80. The molecule has 0 aromatic rings. The standard InChI is InChI=1S/C15H28O6/c1-6-14(2,3)13(18)19-10-11-21-20-9-7-8-15(4,5)12(16)17/h6-11H2,1-5H3,(H,16,17). The minimum absolute atomic E-state index is 0.142. The van der Waals surface area contributed by atoms with Gasteiger partial charge in [0.1, 0.15) is 13.2 Å². The number of rotatable bonds is 11. The number of carbonyl (C=O) groups excluding carboxylic acids is 1. The largest absolute Gasteiger partial charge is 0.481 e. The number of carboxylic acids is 1. The van der Waals surface area contributed by atoms with Crippen LogP contribution in [0.5, 0.6) is 0 Å². The predicted octanol–water partition coefficient (Wildman–Crippen LogP) is 2.81. The Hall–Kier alpha value is -1.14. The molecule has 0 atom stereocenters. The van der Waals surface area contributed by atoms with E-state index in [1.165, 1.54) is 0 Å². The fraction of sp³-hybridized carbons (Fsp3) is 0.867. The third kappa shape index (κ3) is 8.02. The summed E-state index contributed by atoms with van der Waals surface area (Å²) in [5.41, 5.74) is -1.24. The molecule has 6 heteroatoms. The first-order chi connectivity index (χ1) is 9.63.